The summed E-state index contributed by atoms with van der Waals surface area (Å²) in [6, 6.07) is 13.9. The van der Waals surface area contributed by atoms with Crippen molar-refractivity contribution in [1.29, 1.82) is 0 Å². The number of hydrogen-bond acceptors (Lipinski definition) is 5. The zero-order valence-corrected chi connectivity index (χ0v) is 17.6. The Bertz CT molecular complexity index is 890. The second-order valence-corrected chi connectivity index (χ2v) is 9.16. The molecule has 1 heterocycles. The number of carbonyl (C=O) groups is 1. The third kappa shape index (κ3) is 3.74. The molecule has 3 atom stereocenters. The van der Waals surface area contributed by atoms with E-state index in [4.69, 9.17) is 17.3 Å². The summed E-state index contributed by atoms with van der Waals surface area (Å²) in [7, 11) is 4.09. The van der Waals surface area contributed by atoms with Crippen LogP contribution in [-0.2, 0) is 11.3 Å². The van der Waals surface area contributed by atoms with Crippen LogP contribution in [0.3, 0.4) is 0 Å². The summed E-state index contributed by atoms with van der Waals surface area (Å²) in [6.45, 7) is 1.33. The molecule has 1 aliphatic carbocycles. The van der Waals surface area contributed by atoms with Gasteiger partial charge >= 0.3 is 0 Å². The van der Waals surface area contributed by atoms with Crippen LogP contribution >= 0.6 is 23.4 Å². The number of thioether (sulfide) groups is 1. The van der Waals surface area contributed by atoms with E-state index in [2.05, 4.69) is 27.2 Å². The Morgan fingerprint density at radius 1 is 1.29 bits per heavy atom. The minimum atomic E-state index is -0.240. The largest absolute Gasteiger partial charge is 0.326 e. The molecule has 3 unspecified atom stereocenters. The van der Waals surface area contributed by atoms with E-state index in [1.165, 1.54) is 0 Å². The highest BCUT2D eigenvalue weighted by Crippen LogP contribution is 2.49. The van der Waals surface area contributed by atoms with Crippen LogP contribution in [0.2, 0.25) is 5.02 Å². The number of benzene rings is 2. The molecular formula is C21H25ClN4OS. The van der Waals surface area contributed by atoms with E-state index < -0.39 is 0 Å². The molecule has 1 aliphatic heterocycles. The second-order valence-electron chi connectivity index (χ2n) is 7.63. The van der Waals surface area contributed by atoms with E-state index in [0.29, 0.717) is 17.5 Å². The standard InChI is InChI=1S/C21H25ClN4OS/c1-25(2)12-14-10-15(14)20(27)24-21-26(17-8-3-4-9-18(17)28-21)19-13(11-23)6-5-7-16(19)22/h3-9,14-15,21H,10-12,23H2,1-2H3,(H,24,27). The topological polar surface area (TPSA) is 61.6 Å². The van der Waals surface area contributed by atoms with E-state index >= 15 is 0 Å². The first-order valence-electron chi connectivity index (χ1n) is 9.47. The van der Waals surface area contributed by atoms with Crippen LogP contribution in [0, 0.1) is 11.8 Å². The van der Waals surface area contributed by atoms with Crippen molar-refractivity contribution in [2.75, 3.05) is 25.5 Å². The maximum Gasteiger partial charge on any atom is 0.225 e. The monoisotopic (exact) mass is 416 g/mol. The predicted molar refractivity (Wildman–Crippen MR) is 116 cm³/mol. The molecule has 2 aromatic carbocycles. The lowest BCUT2D eigenvalue weighted by molar-refractivity contribution is -0.122. The van der Waals surface area contributed by atoms with E-state index in [9.17, 15) is 4.79 Å². The van der Waals surface area contributed by atoms with Crippen LogP contribution in [0.1, 0.15) is 12.0 Å². The molecule has 2 aliphatic rings. The molecule has 28 heavy (non-hydrogen) atoms. The Hall–Kier alpha value is -1.73. The van der Waals surface area contributed by atoms with Gasteiger partial charge in [0.15, 0.2) is 5.50 Å². The molecule has 0 saturated heterocycles. The highest BCUT2D eigenvalue weighted by atomic mass is 35.5. The normalized spacial score (nSPS) is 23.0. The smallest absolute Gasteiger partial charge is 0.225 e. The molecule has 5 nitrogen and oxygen atoms in total. The SMILES string of the molecule is CN(C)CC1CC1C(=O)NC1Sc2ccccc2N1c1c(Cl)cccc1CN. The fourth-order valence-electron chi connectivity index (χ4n) is 3.85. The lowest BCUT2D eigenvalue weighted by Crippen LogP contribution is -2.43. The second kappa shape index (κ2) is 7.95. The zero-order chi connectivity index (χ0) is 19.8. The van der Waals surface area contributed by atoms with E-state index in [0.717, 1.165) is 34.8 Å². The maximum atomic E-state index is 12.9. The van der Waals surface area contributed by atoms with Gasteiger partial charge in [-0.25, -0.2) is 0 Å². The van der Waals surface area contributed by atoms with Gasteiger partial charge in [0.1, 0.15) is 0 Å². The van der Waals surface area contributed by atoms with Crippen molar-refractivity contribution in [1.82, 2.24) is 10.2 Å². The van der Waals surface area contributed by atoms with Crippen LogP contribution < -0.4 is 16.0 Å². The number of nitrogens with two attached hydrogens (primary N) is 1. The van der Waals surface area contributed by atoms with Gasteiger partial charge in [0, 0.05) is 23.9 Å². The van der Waals surface area contributed by atoms with Crippen molar-refractivity contribution >= 4 is 40.6 Å². The minimum Gasteiger partial charge on any atom is -0.326 e. The van der Waals surface area contributed by atoms with E-state index in [1.807, 2.05) is 44.4 Å². The minimum absolute atomic E-state index is 0.0915. The highest BCUT2D eigenvalue weighted by molar-refractivity contribution is 8.00. The van der Waals surface area contributed by atoms with Crippen molar-refractivity contribution in [3.05, 3.63) is 53.1 Å². The van der Waals surface area contributed by atoms with Gasteiger partial charge in [-0.3, -0.25) is 4.79 Å². The number of fused-ring (bicyclic) bond motifs is 1. The third-order valence-corrected chi connectivity index (χ3v) is 6.71. The number of anilines is 2. The molecule has 0 radical (unpaired) electrons. The van der Waals surface area contributed by atoms with Gasteiger partial charge in [-0.1, -0.05) is 47.6 Å². The van der Waals surface area contributed by atoms with E-state index in [1.54, 1.807) is 11.8 Å². The Morgan fingerprint density at radius 3 is 2.82 bits per heavy atom. The molecule has 148 valence electrons. The van der Waals surface area contributed by atoms with Crippen LogP contribution in [0.4, 0.5) is 11.4 Å². The molecule has 2 aromatic rings. The number of amides is 1. The fourth-order valence-corrected chi connectivity index (χ4v) is 5.32. The number of carbonyl (C=O) groups excluding carboxylic acids is 1. The first-order chi connectivity index (χ1) is 13.5. The molecule has 0 spiro atoms. The van der Waals surface area contributed by atoms with Gasteiger partial charge in [0.25, 0.3) is 0 Å². The molecule has 0 bridgehead atoms. The molecular weight excluding hydrogens is 392 g/mol. The number of halogens is 1. The summed E-state index contributed by atoms with van der Waals surface area (Å²) < 4.78 is 0. The molecule has 1 fully saturated rings. The van der Waals surface area contributed by atoms with Crippen LogP contribution in [0.15, 0.2) is 47.4 Å². The highest BCUT2D eigenvalue weighted by Gasteiger charge is 2.45. The molecule has 1 amide bonds. The summed E-state index contributed by atoms with van der Waals surface area (Å²) in [5.41, 5.74) is 8.62. The lowest BCUT2D eigenvalue weighted by Gasteiger charge is -2.30. The molecule has 7 heteroatoms. The average Bonchev–Trinajstić information content (AvgIpc) is 3.33. The van der Waals surface area contributed by atoms with Crippen LogP contribution in [0.5, 0.6) is 0 Å². The van der Waals surface area contributed by atoms with Gasteiger partial charge in [0.05, 0.1) is 16.4 Å². The summed E-state index contributed by atoms with van der Waals surface area (Å²) in [4.78, 5) is 18.3. The molecule has 1 saturated carbocycles. The number of nitrogens with one attached hydrogen (secondary N) is 1. The Morgan fingerprint density at radius 2 is 2.07 bits per heavy atom. The van der Waals surface area contributed by atoms with Gasteiger partial charge in [0.2, 0.25) is 5.91 Å². The Kier molecular flexibility index (Phi) is 5.56. The molecule has 4 rings (SSSR count). The number of hydrogen-bond donors (Lipinski definition) is 2. The maximum absolute atomic E-state index is 12.9. The van der Waals surface area contributed by atoms with Crippen LogP contribution in [0.25, 0.3) is 0 Å². The quantitative estimate of drug-likeness (QED) is 0.752. The van der Waals surface area contributed by atoms with Gasteiger partial charge in [-0.15, -0.1) is 0 Å². The van der Waals surface area contributed by atoms with Crippen molar-refractivity contribution < 1.29 is 4.79 Å². The first-order valence-corrected chi connectivity index (χ1v) is 10.7. The van der Waals surface area contributed by atoms with Gasteiger partial charge < -0.3 is 20.9 Å². The summed E-state index contributed by atoms with van der Waals surface area (Å²) in [5.74, 6) is 0.648. The van der Waals surface area contributed by atoms with Gasteiger partial charge in [-0.2, -0.15) is 0 Å². The number of rotatable bonds is 6. The predicted octanol–water partition coefficient (Wildman–Crippen LogP) is 3.64. The zero-order valence-electron chi connectivity index (χ0n) is 16.1. The van der Waals surface area contributed by atoms with Crippen molar-refractivity contribution in [3.8, 4) is 0 Å². The van der Waals surface area contributed by atoms with Crippen molar-refractivity contribution in [2.24, 2.45) is 17.6 Å². The molecule has 0 aromatic heterocycles. The summed E-state index contributed by atoms with van der Waals surface area (Å²) in [5, 5.41) is 3.89. The summed E-state index contributed by atoms with van der Waals surface area (Å²) in [6.07, 6.45) is 0.953. The first kappa shape index (κ1) is 19.6. The van der Waals surface area contributed by atoms with E-state index in [-0.39, 0.29) is 17.3 Å². The third-order valence-electron chi connectivity index (χ3n) is 5.25. The molecule has 3 N–H and O–H groups in total. The number of nitrogens with zero attached hydrogens (tertiary/aromatic N) is 2. The average molecular weight is 417 g/mol. The lowest BCUT2D eigenvalue weighted by atomic mass is 10.1. The Balaban J connectivity index is 1.62. The number of para-hydroxylation sites is 2. The van der Waals surface area contributed by atoms with Crippen molar-refractivity contribution in [2.45, 2.75) is 23.4 Å². The van der Waals surface area contributed by atoms with Crippen molar-refractivity contribution in [3.63, 3.8) is 0 Å². The van der Waals surface area contributed by atoms with Gasteiger partial charge in [-0.05, 0) is 50.2 Å². The Labute approximate surface area is 175 Å². The fraction of sp³-hybridized carbons (Fsp3) is 0.381. The van der Waals surface area contributed by atoms with Crippen LogP contribution in [-0.4, -0.2) is 36.9 Å². The summed E-state index contributed by atoms with van der Waals surface area (Å²) >= 11 is 8.23.